The summed E-state index contributed by atoms with van der Waals surface area (Å²) in [4.78, 5) is 0. The standard InChI is InChI=1S/C22H38I/c1-4-7-8-9-10-11-12-14-22(16-17-23-6-3)15-13-20-18-19(5-2)21(20)22/h7-8,10-11,19-21H,4-6,9,12-18H2,1-3H3/q-1/b8-7-,11-10+. The number of alkyl halides is 2. The average Bonchev–Trinajstić information content (AvgIpc) is 2.80. The van der Waals surface area contributed by atoms with E-state index in [1.807, 2.05) is 0 Å². The maximum absolute atomic E-state index is 2.48. The molecule has 23 heavy (non-hydrogen) atoms. The molecule has 4 atom stereocenters. The van der Waals surface area contributed by atoms with E-state index in [0.29, 0.717) is 21.2 Å². The van der Waals surface area contributed by atoms with Gasteiger partial charge >= 0.3 is 156 Å². The summed E-state index contributed by atoms with van der Waals surface area (Å²) in [5.41, 5.74) is 0.738. The summed E-state index contributed by atoms with van der Waals surface area (Å²) < 4.78 is 3.06. The van der Waals surface area contributed by atoms with Gasteiger partial charge in [0.15, 0.2) is 0 Å². The van der Waals surface area contributed by atoms with Crippen molar-refractivity contribution in [2.75, 3.05) is 8.86 Å². The van der Waals surface area contributed by atoms with E-state index in [0.717, 1.165) is 29.6 Å². The van der Waals surface area contributed by atoms with E-state index in [1.165, 1.54) is 30.1 Å². The third-order valence-electron chi connectivity index (χ3n) is 6.43. The first-order valence-electron chi connectivity index (χ1n) is 10.1. The Hall–Kier alpha value is 0.210. The fraction of sp³-hybridized carbons (Fsp3) is 0.818. The van der Waals surface area contributed by atoms with Crippen molar-refractivity contribution in [1.29, 1.82) is 0 Å². The zero-order chi connectivity index (χ0) is 16.5. The Balaban J connectivity index is 1.88. The zero-order valence-electron chi connectivity index (χ0n) is 15.7. The van der Waals surface area contributed by atoms with Crippen LogP contribution in [0, 0.1) is 23.2 Å². The van der Waals surface area contributed by atoms with Gasteiger partial charge in [-0.25, -0.2) is 0 Å². The van der Waals surface area contributed by atoms with Crippen molar-refractivity contribution in [2.45, 2.75) is 78.6 Å². The minimum absolute atomic E-state index is 0.491. The molecule has 2 aliphatic rings. The minimum atomic E-state index is 0.491. The van der Waals surface area contributed by atoms with E-state index in [-0.39, 0.29) is 0 Å². The Morgan fingerprint density at radius 1 is 1.04 bits per heavy atom. The molecule has 134 valence electrons. The molecule has 0 saturated heterocycles. The molecule has 2 fully saturated rings. The molecule has 0 aromatic carbocycles. The van der Waals surface area contributed by atoms with Gasteiger partial charge in [-0.15, -0.1) is 0 Å². The molecule has 2 rings (SSSR count). The van der Waals surface area contributed by atoms with Crippen molar-refractivity contribution in [2.24, 2.45) is 23.2 Å². The van der Waals surface area contributed by atoms with Crippen molar-refractivity contribution >= 4 is 0 Å². The molecule has 0 aromatic heterocycles. The fourth-order valence-electron chi connectivity index (χ4n) is 5.25. The fourth-order valence-corrected chi connectivity index (χ4v) is 7.47. The van der Waals surface area contributed by atoms with Gasteiger partial charge in [-0.2, -0.15) is 0 Å². The van der Waals surface area contributed by atoms with Crippen LogP contribution in [0.15, 0.2) is 24.3 Å². The normalized spacial score (nSPS) is 33.6. The monoisotopic (exact) mass is 429 g/mol. The molecule has 0 aliphatic heterocycles. The Bertz CT molecular complexity index is 383. The molecule has 0 aromatic rings. The van der Waals surface area contributed by atoms with Crippen LogP contribution in [0.1, 0.15) is 78.6 Å². The molecule has 0 spiro atoms. The summed E-state index contributed by atoms with van der Waals surface area (Å²) >= 11 is 0.491. The van der Waals surface area contributed by atoms with Crippen LogP contribution in [0.4, 0.5) is 0 Å². The second kappa shape index (κ2) is 10.3. The molecule has 1 heteroatoms. The van der Waals surface area contributed by atoms with Crippen LogP contribution in [0.25, 0.3) is 0 Å². The summed E-state index contributed by atoms with van der Waals surface area (Å²) in [6.07, 6.45) is 22.2. The first-order valence-corrected chi connectivity index (χ1v) is 13.2. The Kier molecular flexibility index (Phi) is 8.71. The topological polar surface area (TPSA) is 0 Å². The molecule has 0 heterocycles. The van der Waals surface area contributed by atoms with Crippen LogP contribution in [0.2, 0.25) is 0 Å². The SMILES string of the molecule is CC/C=C\C/C=C/CCC1(CC[I-]CC)CCC2CC(CC)C21. The van der Waals surface area contributed by atoms with Crippen LogP contribution in [0.3, 0.4) is 0 Å². The second-order valence-electron chi connectivity index (χ2n) is 7.61. The van der Waals surface area contributed by atoms with Crippen LogP contribution >= 0.6 is 0 Å². The molecule has 0 amide bonds. The van der Waals surface area contributed by atoms with Crippen molar-refractivity contribution in [1.82, 2.24) is 0 Å². The molecule has 0 nitrogen and oxygen atoms in total. The van der Waals surface area contributed by atoms with Crippen molar-refractivity contribution < 1.29 is 21.2 Å². The zero-order valence-corrected chi connectivity index (χ0v) is 17.9. The van der Waals surface area contributed by atoms with E-state index in [2.05, 4.69) is 45.1 Å². The molecule has 0 N–H and O–H groups in total. The predicted octanol–water partition coefficient (Wildman–Crippen LogP) is 3.62. The summed E-state index contributed by atoms with van der Waals surface area (Å²) in [7, 11) is 0. The third kappa shape index (κ3) is 5.09. The van der Waals surface area contributed by atoms with Gasteiger partial charge in [0.25, 0.3) is 0 Å². The number of rotatable bonds is 11. The summed E-state index contributed by atoms with van der Waals surface area (Å²) in [6.45, 7) is 7.03. The Morgan fingerprint density at radius 2 is 1.87 bits per heavy atom. The van der Waals surface area contributed by atoms with E-state index in [1.54, 1.807) is 30.1 Å². The number of allylic oxidation sites excluding steroid dienone is 4. The van der Waals surface area contributed by atoms with Gasteiger partial charge in [0.05, 0.1) is 0 Å². The molecule has 2 saturated carbocycles. The first kappa shape index (κ1) is 19.5. The molecule has 2 aliphatic carbocycles. The van der Waals surface area contributed by atoms with Crippen molar-refractivity contribution in [3.63, 3.8) is 0 Å². The molecular weight excluding hydrogens is 391 g/mol. The van der Waals surface area contributed by atoms with E-state index in [4.69, 9.17) is 0 Å². The molecule has 4 unspecified atom stereocenters. The number of fused-ring (bicyclic) bond motifs is 1. The van der Waals surface area contributed by atoms with Gasteiger partial charge < -0.3 is 0 Å². The van der Waals surface area contributed by atoms with E-state index in [9.17, 15) is 0 Å². The molecule has 0 bridgehead atoms. The van der Waals surface area contributed by atoms with Crippen LogP contribution in [0.5, 0.6) is 0 Å². The Labute approximate surface area is 155 Å². The predicted molar refractivity (Wildman–Crippen MR) is 99.5 cm³/mol. The maximum atomic E-state index is 2.48. The van der Waals surface area contributed by atoms with Gasteiger partial charge in [-0.1, -0.05) is 0 Å². The average molecular weight is 429 g/mol. The van der Waals surface area contributed by atoms with Crippen molar-refractivity contribution in [3.8, 4) is 0 Å². The summed E-state index contributed by atoms with van der Waals surface area (Å²) in [5.74, 6) is 3.27. The Morgan fingerprint density at radius 3 is 2.61 bits per heavy atom. The molecule has 0 radical (unpaired) electrons. The van der Waals surface area contributed by atoms with E-state index < -0.39 is 0 Å². The van der Waals surface area contributed by atoms with Crippen LogP contribution in [-0.4, -0.2) is 8.86 Å². The van der Waals surface area contributed by atoms with Crippen LogP contribution < -0.4 is 21.2 Å². The quantitative estimate of drug-likeness (QED) is 0.204. The van der Waals surface area contributed by atoms with Gasteiger partial charge in [0.1, 0.15) is 0 Å². The van der Waals surface area contributed by atoms with Crippen LogP contribution in [-0.2, 0) is 0 Å². The number of halogens is 1. The molecular formula is C22H38I-. The van der Waals surface area contributed by atoms with Gasteiger partial charge in [0, 0.05) is 0 Å². The third-order valence-corrected chi connectivity index (χ3v) is 8.81. The van der Waals surface area contributed by atoms with Gasteiger partial charge in [-0.3, -0.25) is 0 Å². The van der Waals surface area contributed by atoms with Gasteiger partial charge in [0.2, 0.25) is 0 Å². The van der Waals surface area contributed by atoms with E-state index >= 15 is 0 Å². The van der Waals surface area contributed by atoms with Gasteiger partial charge in [-0.05, 0) is 0 Å². The number of hydrogen-bond acceptors (Lipinski definition) is 0. The van der Waals surface area contributed by atoms with Crippen molar-refractivity contribution in [3.05, 3.63) is 24.3 Å². The first-order chi connectivity index (χ1) is 11.3. The summed E-state index contributed by atoms with van der Waals surface area (Å²) in [6, 6.07) is 0. The second-order valence-corrected chi connectivity index (χ2v) is 11.3. The summed E-state index contributed by atoms with van der Waals surface area (Å²) in [5, 5.41) is 0. The number of hydrogen-bond donors (Lipinski definition) is 0.